The van der Waals surface area contributed by atoms with E-state index in [0.29, 0.717) is 25.6 Å². The molecule has 0 saturated carbocycles. The average Bonchev–Trinajstić information content (AvgIpc) is 2.48. The third-order valence-corrected chi connectivity index (χ3v) is 4.79. The van der Waals surface area contributed by atoms with Crippen LogP contribution in [0.25, 0.3) is 0 Å². The number of hydrogen-bond donors (Lipinski definition) is 2. The first-order valence-electron chi connectivity index (χ1n) is 7.73. The topological polar surface area (TPSA) is 82.1 Å². The standard InChI is InChI=1S/C14H23N3O4/c18-13(19)7-11-8-17(5-6-21-11)14(20)15-12-9-16-3-1-10(12)2-4-16/h10-12H,1-9H2,(H,15,20)(H,18,19). The number of urea groups is 1. The largest absolute Gasteiger partial charge is 0.481 e. The maximum atomic E-state index is 12.4. The second-order valence-corrected chi connectivity index (χ2v) is 6.23. The van der Waals surface area contributed by atoms with Crippen LogP contribution in [-0.2, 0) is 9.53 Å². The lowest BCUT2D eigenvalue weighted by molar-refractivity contribution is -0.141. The molecule has 4 rings (SSSR count). The van der Waals surface area contributed by atoms with Gasteiger partial charge in [0, 0.05) is 25.7 Å². The maximum Gasteiger partial charge on any atom is 0.317 e. The van der Waals surface area contributed by atoms with Gasteiger partial charge in [-0.05, 0) is 31.8 Å². The summed E-state index contributed by atoms with van der Waals surface area (Å²) in [5.74, 6) is -0.297. The van der Waals surface area contributed by atoms with E-state index in [0.717, 1.165) is 32.5 Å². The highest BCUT2D eigenvalue weighted by Gasteiger charge is 2.36. The van der Waals surface area contributed by atoms with Crippen LogP contribution in [0.3, 0.4) is 0 Å². The Morgan fingerprint density at radius 2 is 1.95 bits per heavy atom. The van der Waals surface area contributed by atoms with Gasteiger partial charge in [-0.3, -0.25) is 4.79 Å². The molecule has 0 spiro atoms. The number of rotatable bonds is 3. The molecular formula is C14H23N3O4. The number of amides is 2. The van der Waals surface area contributed by atoms with E-state index in [2.05, 4.69) is 10.2 Å². The van der Waals surface area contributed by atoms with Crippen LogP contribution in [0, 0.1) is 5.92 Å². The molecule has 0 aliphatic carbocycles. The summed E-state index contributed by atoms with van der Waals surface area (Å²) in [6.45, 7) is 4.54. The first-order valence-corrected chi connectivity index (χ1v) is 7.73. The predicted octanol–water partition coefficient (Wildman–Crippen LogP) is -0.0343. The number of fused-ring (bicyclic) bond motifs is 3. The summed E-state index contributed by atoms with van der Waals surface area (Å²) in [4.78, 5) is 27.2. The predicted molar refractivity (Wildman–Crippen MR) is 75.0 cm³/mol. The zero-order chi connectivity index (χ0) is 14.8. The third kappa shape index (κ3) is 3.47. The van der Waals surface area contributed by atoms with Crippen molar-refractivity contribution in [1.82, 2.24) is 15.1 Å². The summed E-state index contributed by atoms with van der Waals surface area (Å²) in [5.41, 5.74) is 0. The maximum absolute atomic E-state index is 12.4. The third-order valence-electron chi connectivity index (χ3n) is 4.79. The van der Waals surface area contributed by atoms with Crippen LogP contribution < -0.4 is 5.32 Å². The van der Waals surface area contributed by atoms with E-state index in [-0.39, 0.29) is 18.5 Å². The van der Waals surface area contributed by atoms with Crippen LogP contribution in [0.2, 0.25) is 0 Å². The first kappa shape index (κ1) is 14.6. The van der Waals surface area contributed by atoms with Crippen molar-refractivity contribution in [3.05, 3.63) is 0 Å². The van der Waals surface area contributed by atoms with Crippen molar-refractivity contribution >= 4 is 12.0 Å². The van der Waals surface area contributed by atoms with Crippen molar-refractivity contribution in [3.8, 4) is 0 Å². The molecule has 0 aromatic carbocycles. The zero-order valence-electron chi connectivity index (χ0n) is 12.2. The normalized spacial score (nSPS) is 35.5. The van der Waals surface area contributed by atoms with Crippen LogP contribution in [0.4, 0.5) is 4.79 Å². The number of ether oxygens (including phenoxy) is 1. The van der Waals surface area contributed by atoms with Crippen LogP contribution in [0.1, 0.15) is 19.3 Å². The fraction of sp³-hybridized carbons (Fsp3) is 0.857. The van der Waals surface area contributed by atoms with Gasteiger partial charge >= 0.3 is 12.0 Å². The minimum Gasteiger partial charge on any atom is -0.481 e. The van der Waals surface area contributed by atoms with E-state index >= 15 is 0 Å². The number of piperidine rings is 3. The highest BCUT2D eigenvalue weighted by atomic mass is 16.5. The van der Waals surface area contributed by atoms with Crippen LogP contribution in [0.15, 0.2) is 0 Å². The van der Waals surface area contributed by atoms with Crippen molar-refractivity contribution in [1.29, 1.82) is 0 Å². The van der Waals surface area contributed by atoms with Crippen LogP contribution >= 0.6 is 0 Å². The molecule has 0 aromatic heterocycles. The van der Waals surface area contributed by atoms with E-state index in [1.165, 1.54) is 0 Å². The summed E-state index contributed by atoms with van der Waals surface area (Å²) >= 11 is 0. The van der Waals surface area contributed by atoms with Gasteiger partial charge in [0.25, 0.3) is 0 Å². The molecule has 2 unspecified atom stereocenters. The van der Waals surface area contributed by atoms with Gasteiger partial charge in [-0.25, -0.2) is 4.79 Å². The highest BCUT2D eigenvalue weighted by Crippen LogP contribution is 2.27. The van der Waals surface area contributed by atoms with E-state index in [1.54, 1.807) is 4.90 Å². The fourth-order valence-corrected chi connectivity index (χ4v) is 3.60. The van der Waals surface area contributed by atoms with E-state index in [1.807, 2.05) is 0 Å². The lowest BCUT2D eigenvalue weighted by Crippen LogP contribution is -2.60. The molecule has 4 saturated heterocycles. The molecule has 4 aliphatic rings. The van der Waals surface area contributed by atoms with Gasteiger partial charge in [-0.1, -0.05) is 0 Å². The number of nitrogens with zero attached hydrogens (tertiary/aromatic N) is 2. The molecule has 2 bridgehead atoms. The molecule has 4 fully saturated rings. The second kappa shape index (κ2) is 6.19. The van der Waals surface area contributed by atoms with Gasteiger partial charge < -0.3 is 25.0 Å². The summed E-state index contributed by atoms with van der Waals surface area (Å²) < 4.78 is 5.40. The number of carboxylic acids is 1. The van der Waals surface area contributed by atoms with Crippen molar-refractivity contribution < 1.29 is 19.4 Å². The number of nitrogens with one attached hydrogen (secondary N) is 1. The lowest BCUT2D eigenvalue weighted by Gasteiger charge is -2.45. The molecular weight excluding hydrogens is 274 g/mol. The van der Waals surface area contributed by atoms with Crippen LogP contribution in [-0.4, -0.2) is 78.4 Å². The number of aliphatic carboxylic acids is 1. The number of hydrogen-bond acceptors (Lipinski definition) is 4. The van der Waals surface area contributed by atoms with Gasteiger partial charge in [0.05, 0.1) is 19.1 Å². The van der Waals surface area contributed by atoms with Gasteiger partial charge in [0.15, 0.2) is 0 Å². The molecule has 7 heteroatoms. The Hall–Kier alpha value is -1.34. The molecule has 4 heterocycles. The van der Waals surface area contributed by atoms with E-state index in [9.17, 15) is 9.59 Å². The van der Waals surface area contributed by atoms with Crippen molar-refractivity contribution in [2.75, 3.05) is 39.3 Å². The smallest absolute Gasteiger partial charge is 0.317 e. The molecule has 2 amide bonds. The van der Waals surface area contributed by atoms with E-state index < -0.39 is 12.1 Å². The Balaban J connectivity index is 1.51. The molecule has 21 heavy (non-hydrogen) atoms. The number of carbonyl (C=O) groups is 2. The Morgan fingerprint density at radius 1 is 1.19 bits per heavy atom. The summed E-state index contributed by atoms with van der Waals surface area (Å²) in [7, 11) is 0. The molecule has 118 valence electrons. The molecule has 2 atom stereocenters. The molecule has 7 nitrogen and oxygen atoms in total. The molecule has 4 aliphatic heterocycles. The second-order valence-electron chi connectivity index (χ2n) is 6.23. The molecule has 0 aromatic rings. The SMILES string of the molecule is O=C(O)CC1CN(C(=O)NC2CN3CCC2CC3)CCO1. The Bertz CT molecular complexity index is 409. The van der Waals surface area contributed by atoms with Crippen molar-refractivity contribution in [2.24, 2.45) is 5.92 Å². The van der Waals surface area contributed by atoms with Gasteiger partial charge in [-0.15, -0.1) is 0 Å². The number of morpholine rings is 1. The molecule has 0 radical (unpaired) electrons. The first-order chi connectivity index (χ1) is 10.1. The molecule has 2 N–H and O–H groups in total. The summed E-state index contributed by atoms with van der Waals surface area (Å²) in [5, 5.41) is 12.0. The Kier molecular flexibility index (Phi) is 4.30. The van der Waals surface area contributed by atoms with Crippen LogP contribution in [0.5, 0.6) is 0 Å². The van der Waals surface area contributed by atoms with Gasteiger partial charge in [0.2, 0.25) is 0 Å². The monoisotopic (exact) mass is 297 g/mol. The number of carboxylic acid groups (broad SMARTS) is 1. The van der Waals surface area contributed by atoms with E-state index in [4.69, 9.17) is 9.84 Å². The summed E-state index contributed by atoms with van der Waals surface area (Å²) in [6.07, 6.45) is 1.88. The lowest BCUT2D eigenvalue weighted by atomic mass is 9.84. The Morgan fingerprint density at radius 3 is 2.57 bits per heavy atom. The Labute approximate surface area is 124 Å². The average molecular weight is 297 g/mol. The van der Waals surface area contributed by atoms with Gasteiger partial charge in [-0.2, -0.15) is 0 Å². The van der Waals surface area contributed by atoms with Crippen molar-refractivity contribution in [2.45, 2.75) is 31.4 Å². The highest BCUT2D eigenvalue weighted by molar-refractivity contribution is 5.75. The quantitative estimate of drug-likeness (QED) is 0.764. The minimum absolute atomic E-state index is 0.0520. The van der Waals surface area contributed by atoms with Gasteiger partial charge in [0.1, 0.15) is 0 Å². The number of carbonyl (C=O) groups excluding carboxylic acids is 1. The minimum atomic E-state index is -0.889. The summed E-state index contributed by atoms with van der Waals surface area (Å²) in [6, 6.07) is 0.160. The fourth-order valence-electron chi connectivity index (χ4n) is 3.60. The van der Waals surface area contributed by atoms with Crippen molar-refractivity contribution in [3.63, 3.8) is 0 Å². The zero-order valence-corrected chi connectivity index (χ0v) is 12.2.